The fourth-order valence-electron chi connectivity index (χ4n) is 2.40. The lowest BCUT2D eigenvalue weighted by Crippen LogP contribution is -2.28. The largest absolute Gasteiger partial charge is 0.489 e. The molecule has 2 radical (unpaired) electrons. The molecule has 2 aromatic rings. The van der Waals surface area contributed by atoms with Gasteiger partial charge in [0.05, 0.1) is 5.69 Å². The maximum Gasteiger partial charge on any atom is 0.250 e. The summed E-state index contributed by atoms with van der Waals surface area (Å²) >= 11 is 0. The molecule has 0 aliphatic rings. The molecule has 23 heavy (non-hydrogen) atoms. The van der Waals surface area contributed by atoms with E-state index in [-0.39, 0.29) is 18.9 Å². The Hall–Kier alpha value is -2.27. The standard InChI is InChI=1S/C18H20BNO3/c1-4-17(21)20(22)18-12(2)6-5-7-14(18)11-23-16-9-8-15(19)10-13(16)3/h5-10,22H,4,11H2,1-3H3. The lowest BCUT2D eigenvalue weighted by Gasteiger charge is -2.21. The molecule has 0 bridgehead atoms. The molecule has 0 aromatic heterocycles. The zero-order valence-electron chi connectivity index (χ0n) is 13.7. The summed E-state index contributed by atoms with van der Waals surface area (Å²) in [5, 5.41) is 10.9. The molecular formula is C18H20BNO3. The van der Waals surface area contributed by atoms with Gasteiger partial charge in [0.15, 0.2) is 0 Å². The molecule has 0 unspecified atom stereocenters. The molecule has 0 saturated heterocycles. The van der Waals surface area contributed by atoms with Crippen LogP contribution in [0.25, 0.3) is 0 Å². The fraction of sp³-hybridized carbons (Fsp3) is 0.278. The van der Waals surface area contributed by atoms with Gasteiger partial charge >= 0.3 is 0 Å². The maximum atomic E-state index is 11.8. The summed E-state index contributed by atoms with van der Waals surface area (Å²) in [6.07, 6.45) is 0.224. The number of carbonyl (C=O) groups is 1. The number of hydroxylamine groups is 1. The predicted molar refractivity (Wildman–Crippen MR) is 91.6 cm³/mol. The molecule has 118 valence electrons. The van der Waals surface area contributed by atoms with Crippen LogP contribution in [0.2, 0.25) is 0 Å². The van der Waals surface area contributed by atoms with Crippen molar-refractivity contribution in [3.63, 3.8) is 0 Å². The van der Waals surface area contributed by atoms with Crippen molar-refractivity contribution in [2.45, 2.75) is 33.8 Å². The van der Waals surface area contributed by atoms with Gasteiger partial charge in [-0.2, -0.15) is 5.06 Å². The van der Waals surface area contributed by atoms with Gasteiger partial charge < -0.3 is 4.74 Å². The van der Waals surface area contributed by atoms with Crippen molar-refractivity contribution in [3.05, 3.63) is 53.1 Å². The van der Waals surface area contributed by atoms with E-state index < -0.39 is 0 Å². The van der Waals surface area contributed by atoms with Crippen molar-refractivity contribution in [1.29, 1.82) is 0 Å². The Morgan fingerprint density at radius 2 is 1.96 bits per heavy atom. The number of hydrogen-bond donors (Lipinski definition) is 1. The summed E-state index contributed by atoms with van der Waals surface area (Å²) in [6.45, 7) is 5.72. The van der Waals surface area contributed by atoms with Crippen molar-refractivity contribution >= 4 is 24.9 Å². The number of ether oxygens (including phenoxy) is 1. The van der Waals surface area contributed by atoms with E-state index in [0.717, 1.165) is 22.4 Å². The zero-order chi connectivity index (χ0) is 17.0. The Bertz CT molecular complexity index is 715. The highest BCUT2D eigenvalue weighted by Crippen LogP contribution is 2.26. The van der Waals surface area contributed by atoms with Crippen LogP contribution in [0.3, 0.4) is 0 Å². The summed E-state index contributed by atoms with van der Waals surface area (Å²) in [7, 11) is 5.73. The molecular weight excluding hydrogens is 289 g/mol. The van der Waals surface area contributed by atoms with Crippen LogP contribution in [0.5, 0.6) is 5.75 Å². The minimum Gasteiger partial charge on any atom is -0.489 e. The van der Waals surface area contributed by atoms with Gasteiger partial charge in [0.2, 0.25) is 5.91 Å². The number of hydrogen-bond acceptors (Lipinski definition) is 3. The van der Waals surface area contributed by atoms with E-state index in [1.54, 1.807) is 13.0 Å². The van der Waals surface area contributed by atoms with Crippen molar-refractivity contribution < 1.29 is 14.7 Å². The van der Waals surface area contributed by atoms with E-state index in [9.17, 15) is 10.0 Å². The number of nitrogens with zero attached hydrogens (tertiary/aromatic N) is 1. The molecule has 2 rings (SSSR count). The first kappa shape index (κ1) is 17.1. The summed E-state index contributed by atoms with van der Waals surface area (Å²) in [5.74, 6) is 0.363. The third-order valence-corrected chi connectivity index (χ3v) is 3.65. The first-order valence-corrected chi connectivity index (χ1v) is 7.53. The topological polar surface area (TPSA) is 49.8 Å². The van der Waals surface area contributed by atoms with Gasteiger partial charge in [-0.05, 0) is 31.0 Å². The van der Waals surface area contributed by atoms with E-state index >= 15 is 0 Å². The van der Waals surface area contributed by atoms with Crippen LogP contribution in [0, 0.1) is 13.8 Å². The minimum atomic E-state index is -0.357. The summed E-state index contributed by atoms with van der Waals surface area (Å²) in [5.41, 5.74) is 3.65. The van der Waals surface area contributed by atoms with Crippen molar-refractivity contribution in [2.75, 3.05) is 5.06 Å². The smallest absolute Gasteiger partial charge is 0.250 e. The third-order valence-electron chi connectivity index (χ3n) is 3.65. The van der Waals surface area contributed by atoms with Crippen LogP contribution in [0.15, 0.2) is 36.4 Å². The Labute approximate surface area is 138 Å². The Balaban J connectivity index is 2.26. The molecule has 5 heteroatoms. The quantitative estimate of drug-likeness (QED) is 0.525. The van der Waals surface area contributed by atoms with Gasteiger partial charge in [0.25, 0.3) is 0 Å². The van der Waals surface area contributed by atoms with Crippen LogP contribution >= 0.6 is 0 Å². The third kappa shape index (κ3) is 3.93. The van der Waals surface area contributed by atoms with Gasteiger partial charge in [0.1, 0.15) is 20.2 Å². The monoisotopic (exact) mass is 309 g/mol. The summed E-state index contributed by atoms with van der Waals surface area (Å²) in [4.78, 5) is 11.8. The molecule has 1 N–H and O–H groups in total. The normalized spacial score (nSPS) is 10.4. The number of aryl methyl sites for hydroxylation is 2. The summed E-state index contributed by atoms with van der Waals surface area (Å²) < 4.78 is 5.83. The van der Waals surface area contributed by atoms with Crippen molar-refractivity contribution in [2.24, 2.45) is 0 Å². The highest BCUT2D eigenvalue weighted by Gasteiger charge is 2.18. The van der Waals surface area contributed by atoms with E-state index in [4.69, 9.17) is 12.6 Å². The Morgan fingerprint density at radius 1 is 1.22 bits per heavy atom. The number of carbonyl (C=O) groups excluding carboxylic acids is 1. The molecule has 0 saturated carbocycles. The first-order valence-electron chi connectivity index (χ1n) is 7.53. The molecule has 0 heterocycles. The molecule has 0 aliphatic heterocycles. The highest BCUT2D eigenvalue weighted by atomic mass is 16.5. The molecule has 0 aliphatic carbocycles. The lowest BCUT2D eigenvalue weighted by atomic mass is 9.94. The highest BCUT2D eigenvalue weighted by molar-refractivity contribution is 6.32. The second-order valence-corrected chi connectivity index (χ2v) is 5.46. The number of benzene rings is 2. The van der Waals surface area contributed by atoms with Gasteiger partial charge in [-0.15, -0.1) is 0 Å². The maximum absolute atomic E-state index is 11.8. The number of amides is 1. The van der Waals surface area contributed by atoms with Crippen LogP contribution in [0.4, 0.5) is 5.69 Å². The summed E-state index contributed by atoms with van der Waals surface area (Å²) in [6, 6.07) is 11.0. The minimum absolute atomic E-state index is 0.224. The number of rotatable bonds is 5. The second kappa shape index (κ2) is 7.33. The molecule has 4 nitrogen and oxygen atoms in total. The van der Waals surface area contributed by atoms with E-state index in [2.05, 4.69) is 0 Å². The number of para-hydroxylation sites is 1. The van der Waals surface area contributed by atoms with E-state index in [1.165, 1.54) is 0 Å². The molecule has 0 fully saturated rings. The van der Waals surface area contributed by atoms with Gasteiger partial charge in [-0.25, -0.2) is 0 Å². The van der Waals surface area contributed by atoms with Crippen LogP contribution in [-0.2, 0) is 11.4 Å². The van der Waals surface area contributed by atoms with E-state index in [1.807, 2.05) is 44.2 Å². The average molecular weight is 309 g/mol. The van der Waals surface area contributed by atoms with Crippen LogP contribution < -0.4 is 15.3 Å². The molecule has 1 amide bonds. The second-order valence-electron chi connectivity index (χ2n) is 5.46. The van der Waals surface area contributed by atoms with E-state index in [0.29, 0.717) is 16.2 Å². The molecule has 0 spiro atoms. The Kier molecular flexibility index (Phi) is 5.45. The lowest BCUT2D eigenvalue weighted by molar-refractivity contribution is -0.123. The molecule has 0 atom stereocenters. The van der Waals surface area contributed by atoms with Crippen molar-refractivity contribution in [3.8, 4) is 5.75 Å². The van der Waals surface area contributed by atoms with Gasteiger partial charge in [0, 0.05) is 12.0 Å². The average Bonchev–Trinajstić information content (AvgIpc) is 2.52. The Morgan fingerprint density at radius 3 is 2.61 bits per heavy atom. The van der Waals surface area contributed by atoms with Gasteiger partial charge in [-0.3, -0.25) is 10.0 Å². The van der Waals surface area contributed by atoms with Crippen LogP contribution in [0.1, 0.15) is 30.0 Å². The number of anilines is 1. The first-order chi connectivity index (χ1) is 10.9. The van der Waals surface area contributed by atoms with Crippen molar-refractivity contribution in [1.82, 2.24) is 0 Å². The van der Waals surface area contributed by atoms with Crippen LogP contribution in [-0.4, -0.2) is 19.0 Å². The predicted octanol–water partition coefficient (Wildman–Crippen LogP) is 2.81. The zero-order valence-corrected chi connectivity index (χ0v) is 13.7. The fourth-order valence-corrected chi connectivity index (χ4v) is 2.40. The van der Waals surface area contributed by atoms with Gasteiger partial charge in [-0.1, -0.05) is 42.7 Å². The SMILES string of the molecule is [B]c1ccc(OCc2cccc(C)c2N(O)C(=O)CC)c(C)c1. The molecule has 2 aromatic carbocycles.